The van der Waals surface area contributed by atoms with Crippen molar-refractivity contribution in [3.05, 3.63) is 35.4 Å². The maximum atomic E-state index is 12.2. The number of allylic oxidation sites excluding steroid dienone is 2. The fourth-order valence-corrected chi connectivity index (χ4v) is 3.82. The van der Waals surface area contributed by atoms with Crippen LogP contribution in [0.2, 0.25) is 0 Å². The van der Waals surface area contributed by atoms with E-state index in [0.717, 1.165) is 0 Å². The molecule has 110 valence electrons. The zero-order valence-corrected chi connectivity index (χ0v) is 13.4. The number of thioether (sulfide) groups is 1. The van der Waals surface area contributed by atoms with E-state index in [-0.39, 0.29) is 23.7 Å². The van der Waals surface area contributed by atoms with Gasteiger partial charge in [-0.05, 0) is 49.3 Å². The monoisotopic (exact) mass is 301 g/mol. The Morgan fingerprint density at radius 3 is 2.19 bits per heavy atom. The van der Waals surface area contributed by atoms with Crippen LogP contribution in [0, 0.1) is 11.8 Å². The largest absolute Gasteiger partial charge is 0.285 e. The summed E-state index contributed by atoms with van der Waals surface area (Å²) in [6, 6.07) is 8.46. The van der Waals surface area contributed by atoms with Gasteiger partial charge in [0.1, 0.15) is 0 Å². The number of rotatable bonds is 2. The lowest BCUT2D eigenvalue weighted by Gasteiger charge is -2.26. The average Bonchev–Trinajstić information content (AvgIpc) is 2.71. The van der Waals surface area contributed by atoms with Gasteiger partial charge in [-0.1, -0.05) is 17.7 Å². The van der Waals surface area contributed by atoms with E-state index in [4.69, 9.17) is 0 Å². The van der Waals surface area contributed by atoms with Gasteiger partial charge in [0.2, 0.25) is 11.8 Å². The third kappa shape index (κ3) is 2.31. The van der Waals surface area contributed by atoms with Gasteiger partial charge >= 0.3 is 0 Å². The SMILES string of the molecule is CSc1ccc(C2=C(C)C[C@@H]3C(=O)N(C)C(=O)[C@@H]3C2)cc1. The molecule has 0 spiro atoms. The topological polar surface area (TPSA) is 37.4 Å². The van der Waals surface area contributed by atoms with E-state index < -0.39 is 0 Å². The second-order valence-corrected chi connectivity index (χ2v) is 6.72. The van der Waals surface area contributed by atoms with Crippen molar-refractivity contribution in [3.8, 4) is 0 Å². The number of likely N-dealkylation sites (tertiary alicyclic amines) is 1. The first-order chi connectivity index (χ1) is 10.0. The van der Waals surface area contributed by atoms with Gasteiger partial charge in [0.25, 0.3) is 0 Å². The summed E-state index contributed by atoms with van der Waals surface area (Å²) in [5.41, 5.74) is 3.66. The summed E-state index contributed by atoms with van der Waals surface area (Å²) in [6.45, 7) is 2.09. The van der Waals surface area contributed by atoms with Gasteiger partial charge < -0.3 is 0 Å². The minimum Gasteiger partial charge on any atom is -0.285 e. The smallest absolute Gasteiger partial charge is 0.233 e. The fraction of sp³-hybridized carbons (Fsp3) is 0.412. The van der Waals surface area contributed by atoms with Gasteiger partial charge in [0.15, 0.2) is 0 Å². The van der Waals surface area contributed by atoms with E-state index in [1.165, 1.54) is 26.5 Å². The predicted molar refractivity (Wildman–Crippen MR) is 84.8 cm³/mol. The molecule has 2 aliphatic rings. The maximum Gasteiger partial charge on any atom is 0.233 e. The Kier molecular flexibility index (Phi) is 3.66. The summed E-state index contributed by atoms with van der Waals surface area (Å²) in [5, 5.41) is 0. The third-order valence-corrected chi connectivity index (χ3v) is 5.43. The second-order valence-electron chi connectivity index (χ2n) is 5.84. The van der Waals surface area contributed by atoms with Crippen LogP contribution in [0.3, 0.4) is 0 Å². The van der Waals surface area contributed by atoms with Crippen LogP contribution in [0.5, 0.6) is 0 Å². The molecule has 4 heteroatoms. The zero-order chi connectivity index (χ0) is 15.1. The summed E-state index contributed by atoms with van der Waals surface area (Å²) in [7, 11) is 1.60. The molecule has 0 N–H and O–H groups in total. The number of fused-ring (bicyclic) bond motifs is 1. The maximum absolute atomic E-state index is 12.2. The van der Waals surface area contributed by atoms with E-state index in [1.807, 2.05) is 0 Å². The molecule has 21 heavy (non-hydrogen) atoms. The number of carbonyl (C=O) groups excluding carboxylic acids is 2. The molecule has 0 aromatic heterocycles. The Morgan fingerprint density at radius 2 is 1.62 bits per heavy atom. The molecule has 1 aromatic carbocycles. The van der Waals surface area contributed by atoms with Crippen LogP contribution in [0.15, 0.2) is 34.7 Å². The highest BCUT2D eigenvalue weighted by Gasteiger charge is 2.47. The van der Waals surface area contributed by atoms with E-state index in [9.17, 15) is 9.59 Å². The first-order valence-corrected chi connectivity index (χ1v) is 8.40. The summed E-state index contributed by atoms with van der Waals surface area (Å²) in [5.74, 6) is -0.338. The summed E-state index contributed by atoms with van der Waals surface area (Å²) >= 11 is 1.72. The van der Waals surface area contributed by atoms with E-state index in [0.29, 0.717) is 12.8 Å². The lowest BCUT2D eigenvalue weighted by molar-refractivity contribution is -0.138. The van der Waals surface area contributed by atoms with Gasteiger partial charge in [0.05, 0.1) is 11.8 Å². The molecule has 1 fully saturated rings. The van der Waals surface area contributed by atoms with Crippen molar-refractivity contribution >= 4 is 29.1 Å². The van der Waals surface area contributed by atoms with Crippen LogP contribution in [0.4, 0.5) is 0 Å². The average molecular weight is 301 g/mol. The number of benzene rings is 1. The molecule has 0 saturated carbocycles. The van der Waals surface area contributed by atoms with Gasteiger partial charge in [0, 0.05) is 11.9 Å². The van der Waals surface area contributed by atoms with E-state index >= 15 is 0 Å². The molecular formula is C17H19NO2S. The minimum atomic E-state index is -0.165. The van der Waals surface area contributed by atoms with Gasteiger partial charge in [-0.3, -0.25) is 14.5 Å². The molecule has 0 unspecified atom stereocenters. The zero-order valence-electron chi connectivity index (χ0n) is 12.6. The van der Waals surface area contributed by atoms with Crippen molar-refractivity contribution in [2.75, 3.05) is 13.3 Å². The summed E-state index contributed by atoms with van der Waals surface area (Å²) < 4.78 is 0. The minimum absolute atomic E-state index is 0.0128. The number of hydrogen-bond acceptors (Lipinski definition) is 3. The first-order valence-electron chi connectivity index (χ1n) is 7.17. The van der Waals surface area contributed by atoms with Crippen molar-refractivity contribution < 1.29 is 9.59 Å². The highest BCUT2D eigenvalue weighted by Crippen LogP contribution is 2.43. The second kappa shape index (κ2) is 5.34. The van der Waals surface area contributed by atoms with Crippen molar-refractivity contribution in [1.29, 1.82) is 0 Å². The van der Waals surface area contributed by atoms with Crippen molar-refractivity contribution in [2.24, 2.45) is 11.8 Å². The molecule has 1 aromatic rings. The van der Waals surface area contributed by atoms with Crippen molar-refractivity contribution in [1.82, 2.24) is 4.90 Å². The highest BCUT2D eigenvalue weighted by atomic mass is 32.2. The molecule has 0 radical (unpaired) electrons. The van der Waals surface area contributed by atoms with Crippen LogP contribution < -0.4 is 0 Å². The first kappa shape index (κ1) is 14.4. The fourth-order valence-electron chi connectivity index (χ4n) is 3.41. The Balaban J connectivity index is 1.93. The Labute approximate surface area is 129 Å². The molecule has 2 amide bonds. The van der Waals surface area contributed by atoms with Crippen LogP contribution in [-0.2, 0) is 9.59 Å². The van der Waals surface area contributed by atoms with Crippen LogP contribution in [-0.4, -0.2) is 30.0 Å². The van der Waals surface area contributed by atoms with Crippen molar-refractivity contribution in [2.45, 2.75) is 24.7 Å². The molecule has 3 nitrogen and oxygen atoms in total. The normalized spacial score (nSPS) is 25.6. The Bertz CT molecular complexity index is 633. The molecule has 1 aliphatic heterocycles. The van der Waals surface area contributed by atoms with Crippen LogP contribution in [0.1, 0.15) is 25.3 Å². The predicted octanol–water partition coefficient (Wildman–Crippen LogP) is 3.21. The lowest BCUT2D eigenvalue weighted by Crippen LogP contribution is -2.26. The molecule has 3 rings (SSSR count). The van der Waals surface area contributed by atoms with Crippen molar-refractivity contribution in [3.63, 3.8) is 0 Å². The molecular weight excluding hydrogens is 282 g/mol. The van der Waals surface area contributed by atoms with E-state index in [2.05, 4.69) is 37.4 Å². The van der Waals surface area contributed by atoms with Gasteiger partial charge in [-0.25, -0.2) is 0 Å². The lowest BCUT2D eigenvalue weighted by atomic mass is 9.76. The van der Waals surface area contributed by atoms with Gasteiger partial charge in [-0.15, -0.1) is 11.8 Å². The molecule has 1 aliphatic carbocycles. The number of amides is 2. The molecule has 2 atom stereocenters. The third-order valence-electron chi connectivity index (χ3n) is 4.69. The molecule has 0 bridgehead atoms. The number of carbonyl (C=O) groups is 2. The summed E-state index contributed by atoms with van der Waals surface area (Å²) in [4.78, 5) is 26.9. The quantitative estimate of drug-likeness (QED) is 0.622. The van der Waals surface area contributed by atoms with Crippen LogP contribution in [0.25, 0.3) is 5.57 Å². The van der Waals surface area contributed by atoms with Crippen LogP contribution >= 0.6 is 11.8 Å². The molecule has 1 saturated heterocycles. The summed E-state index contributed by atoms with van der Waals surface area (Å²) in [6.07, 6.45) is 3.45. The standard InChI is InChI=1S/C17H19NO2S/c1-10-8-14-15(17(20)18(2)16(14)19)9-13(10)11-4-6-12(21-3)7-5-11/h4-7,14-15H,8-9H2,1-3H3/t14-,15+/m0/s1. The molecule has 1 heterocycles. The van der Waals surface area contributed by atoms with Gasteiger partial charge in [-0.2, -0.15) is 0 Å². The van der Waals surface area contributed by atoms with E-state index in [1.54, 1.807) is 18.8 Å². The number of imide groups is 1. The number of hydrogen-bond donors (Lipinski definition) is 0. The Morgan fingerprint density at radius 1 is 1.05 bits per heavy atom. The Hall–Kier alpha value is -1.55. The highest BCUT2D eigenvalue weighted by molar-refractivity contribution is 7.98. The number of nitrogens with zero attached hydrogens (tertiary/aromatic N) is 1.